The van der Waals surface area contributed by atoms with Gasteiger partial charge in [0.1, 0.15) is 18.2 Å². The zero-order valence-corrected chi connectivity index (χ0v) is 19.6. The van der Waals surface area contributed by atoms with Gasteiger partial charge in [-0.2, -0.15) is 0 Å². The molecule has 6 heteroatoms. The molecular formula is C27H36N4O2. The van der Waals surface area contributed by atoms with E-state index in [4.69, 9.17) is 4.74 Å². The van der Waals surface area contributed by atoms with Crippen molar-refractivity contribution >= 4 is 11.7 Å². The third-order valence-corrected chi connectivity index (χ3v) is 6.70. The van der Waals surface area contributed by atoms with Gasteiger partial charge in [0, 0.05) is 57.4 Å². The first kappa shape index (κ1) is 23.3. The Morgan fingerprint density at radius 1 is 1.09 bits per heavy atom. The number of rotatable bonds is 9. The van der Waals surface area contributed by atoms with Crippen molar-refractivity contribution in [1.29, 1.82) is 0 Å². The number of pyridine rings is 1. The van der Waals surface area contributed by atoms with Crippen LogP contribution in [0.2, 0.25) is 0 Å². The Hall–Kier alpha value is -2.86. The maximum Gasteiger partial charge on any atom is 0.222 e. The van der Waals surface area contributed by atoms with E-state index < -0.39 is 0 Å². The SMILES string of the molecule is C=CCOc1ccccc1CN1CCCC(CCC(=O)N2CCN(c3ccccn3)CC2)C1. The number of benzene rings is 1. The van der Waals surface area contributed by atoms with Crippen molar-refractivity contribution in [2.75, 3.05) is 50.8 Å². The largest absolute Gasteiger partial charge is 0.489 e. The summed E-state index contributed by atoms with van der Waals surface area (Å²) in [5.74, 6) is 2.83. The topological polar surface area (TPSA) is 48.9 Å². The second-order valence-corrected chi connectivity index (χ2v) is 9.05. The Morgan fingerprint density at radius 2 is 1.91 bits per heavy atom. The first-order valence-corrected chi connectivity index (χ1v) is 12.2. The monoisotopic (exact) mass is 448 g/mol. The van der Waals surface area contributed by atoms with Crippen molar-refractivity contribution in [2.45, 2.75) is 32.2 Å². The predicted octanol–water partition coefficient (Wildman–Crippen LogP) is 3.99. The minimum atomic E-state index is 0.302. The van der Waals surface area contributed by atoms with E-state index in [1.807, 2.05) is 41.4 Å². The molecule has 4 rings (SSSR count). The number of amides is 1. The molecule has 3 heterocycles. The first-order chi connectivity index (χ1) is 16.2. The number of anilines is 1. The van der Waals surface area contributed by atoms with Gasteiger partial charge in [-0.15, -0.1) is 0 Å². The minimum absolute atomic E-state index is 0.302. The number of piperidine rings is 1. The van der Waals surface area contributed by atoms with E-state index in [2.05, 4.69) is 33.5 Å². The smallest absolute Gasteiger partial charge is 0.222 e. The summed E-state index contributed by atoms with van der Waals surface area (Å²) >= 11 is 0. The maximum absolute atomic E-state index is 12.9. The fourth-order valence-corrected chi connectivity index (χ4v) is 4.91. The van der Waals surface area contributed by atoms with E-state index in [1.54, 1.807) is 6.08 Å². The molecule has 6 nitrogen and oxygen atoms in total. The van der Waals surface area contributed by atoms with Crippen LogP contribution in [0.15, 0.2) is 61.3 Å². The van der Waals surface area contributed by atoms with E-state index in [0.29, 0.717) is 24.9 Å². The number of piperazine rings is 1. The van der Waals surface area contributed by atoms with Crippen molar-refractivity contribution in [3.8, 4) is 5.75 Å². The fourth-order valence-electron chi connectivity index (χ4n) is 4.91. The number of likely N-dealkylation sites (tertiary alicyclic amines) is 1. The summed E-state index contributed by atoms with van der Waals surface area (Å²) in [6.07, 6.45) is 7.64. The van der Waals surface area contributed by atoms with Gasteiger partial charge in [-0.25, -0.2) is 4.98 Å². The number of hydrogen-bond acceptors (Lipinski definition) is 5. The summed E-state index contributed by atoms with van der Waals surface area (Å²) in [6, 6.07) is 14.3. The van der Waals surface area contributed by atoms with Gasteiger partial charge < -0.3 is 14.5 Å². The van der Waals surface area contributed by atoms with Crippen LogP contribution in [0.5, 0.6) is 5.75 Å². The van der Waals surface area contributed by atoms with Gasteiger partial charge >= 0.3 is 0 Å². The maximum atomic E-state index is 12.9. The van der Waals surface area contributed by atoms with E-state index in [1.165, 1.54) is 18.4 Å². The number of hydrogen-bond donors (Lipinski definition) is 0. The minimum Gasteiger partial charge on any atom is -0.489 e. The van der Waals surface area contributed by atoms with Crippen molar-refractivity contribution in [1.82, 2.24) is 14.8 Å². The van der Waals surface area contributed by atoms with Crippen LogP contribution in [0.25, 0.3) is 0 Å². The average Bonchev–Trinajstić information content (AvgIpc) is 2.87. The fraction of sp³-hybridized carbons (Fsp3) is 0.481. The number of carbonyl (C=O) groups excluding carboxylic acids is 1. The Labute approximate surface area is 197 Å². The summed E-state index contributed by atoms with van der Waals surface area (Å²) in [7, 11) is 0. The zero-order chi connectivity index (χ0) is 22.9. The second kappa shape index (κ2) is 11.8. The molecule has 0 aliphatic carbocycles. The molecule has 1 atom stereocenters. The Bertz CT molecular complexity index is 896. The first-order valence-electron chi connectivity index (χ1n) is 12.2. The molecule has 1 unspecified atom stereocenters. The molecule has 0 saturated carbocycles. The van der Waals surface area contributed by atoms with Gasteiger partial charge in [-0.1, -0.05) is 36.9 Å². The predicted molar refractivity (Wildman–Crippen MR) is 132 cm³/mol. The van der Waals surface area contributed by atoms with Crippen molar-refractivity contribution < 1.29 is 9.53 Å². The Morgan fingerprint density at radius 3 is 2.70 bits per heavy atom. The van der Waals surface area contributed by atoms with Crippen LogP contribution < -0.4 is 9.64 Å². The molecule has 2 aromatic rings. The highest BCUT2D eigenvalue weighted by atomic mass is 16.5. The molecule has 0 bridgehead atoms. The van der Waals surface area contributed by atoms with Crippen LogP contribution in [0.1, 0.15) is 31.2 Å². The summed E-state index contributed by atoms with van der Waals surface area (Å²) in [5, 5.41) is 0. The van der Waals surface area contributed by atoms with Gasteiger partial charge in [0.05, 0.1) is 0 Å². The van der Waals surface area contributed by atoms with E-state index in [9.17, 15) is 4.79 Å². The van der Waals surface area contributed by atoms with Gasteiger partial charge in [0.2, 0.25) is 5.91 Å². The van der Waals surface area contributed by atoms with E-state index >= 15 is 0 Å². The Balaban J connectivity index is 1.22. The van der Waals surface area contributed by atoms with Crippen LogP contribution in [-0.4, -0.2) is 66.6 Å². The van der Waals surface area contributed by atoms with Gasteiger partial charge in [0.25, 0.3) is 0 Å². The quantitative estimate of drug-likeness (QED) is 0.543. The zero-order valence-electron chi connectivity index (χ0n) is 19.6. The standard InChI is InChI=1S/C27H36N4O2/c1-2-20-33-25-10-4-3-9-24(25)22-29-15-7-8-23(21-29)12-13-27(32)31-18-16-30(17-19-31)26-11-5-6-14-28-26/h2-6,9-11,14,23H,1,7-8,12-13,15-22H2. The molecule has 0 radical (unpaired) electrons. The lowest BCUT2D eigenvalue weighted by Gasteiger charge is -2.36. The second-order valence-electron chi connectivity index (χ2n) is 9.05. The van der Waals surface area contributed by atoms with Crippen molar-refractivity contribution in [2.24, 2.45) is 5.92 Å². The van der Waals surface area contributed by atoms with Crippen molar-refractivity contribution in [3.63, 3.8) is 0 Å². The molecule has 2 aliphatic heterocycles. The molecule has 2 aliphatic rings. The van der Waals surface area contributed by atoms with Crippen LogP contribution >= 0.6 is 0 Å². The lowest BCUT2D eigenvalue weighted by atomic mass is 9.92. The van der Waals surface area contributed by atoms with Crippen LogP contribution in [0.4, 0.5) is 5.82 Å². The van der Waals surface area contributed by atoms with Crippen LogP contribution in [0, 0.1) is 5.92 Å². The van der Waals surface area contributed by atoms with Gasteiger partial charge in [0.15, 0.2) is 0 Å². The normalized spacial score (nSPS) is 19.3. The molecular weight excluding hydrogens is 412 g/mol. The summed E-state index contributed by atoms with van der Waals surface area (Å²) in [6.45, 7) is 10.6. The van der Waals surface area contributed by atoms with Gasteiger partial charge in [-0.3, -0.25) is 9.69 Å². The number of para-hydroxylation sites is 1. The molecule has 33 heavy (non-hydrogen) atoms. The number of aromatic nitrogens is 1. The van der Waals surface area contributed by atoms with Crippen LogP contribution in [0.3, 0.4) is 0 Å². The van der Waals surface area contributed by atoms with Crippen LogP contribution in [-0.2, 0) is 11.3 Å². The summed E-state index contributed by atoms with van der Waals surface area (Å²) in [5.41, 5.74) is 1.22. The molecule has 0 spiro atoms. The summed E-state index contributed by atoms with van der Waals surface area (Å²) in [4.78, 5) is 24.1. The molecule has 1 amide bonds. The number of carbonyl (C=O) groups is 1. The average molecular weight is 449 g/mol. The lowest BCUT2D eigenvalue weighted by Crippen LogP contribution is -2.49. The van der Waals surface area contributed by atoms with E-state index in [0.717, 1.165) is 63.8 Å². The molecule has 1 aromatic heterocycles. The molecule has 2 fully saturated rings. The molecule has 2 saturated heterocycles. The summed E-state index contributed by atoms with van der Waals surface area (Å²) < 4.78 is 5.83. The highest BCUT2D eigenvalue weighted by Crippen LogP contribution is 2.26. The molecule has 176 valence electrons. The number of nitrogens with zero attached hydrogens (tertiary/aromatic N) is 4. The molecule has 1 aromatic carbocycles. The lowest BCUT2D eigenvalue weighted by molar-refractivity contribution is -0.131. The van der Waals surface area contributed by atoms with Crippen molar-refractivity contribution in [3.05, 3.63) is 66.9 Å². The third kappa shape index (κ3) is 6.57. The van der Waals surface area contributed by atoms with E-state index in [-0.39, 0.29) is 0 Å². The highest BCUT2D eigenvalue weighted by molar-refractivity contribution is 5.76. The highest BCUT2D eigenvalue weighted by Gasteiger charge is 2.25. The third-order valence-electron chi connectivity index (χ3n) is 6.70. The van der Waals surface area contributed by atoms with Gasteiger partial charge in [-0.05, 0) is 49.9 Å². The molecule has 0 N–H and O–H groups in total. The number of ether oxygens (including phenoxy) is 1. The Kier molecular flexibility index (Phi) is 8.36.